The van der Waals surface area contributed by atoms with Crippen LogP contribution in [-0.4, -0.2) is 14.5 Å². The van der Waals surface area contributed by atoms with Crippen molar-refractivity contribution in [3.63, 3.8) is 0 Å². The van der Waals surface area contributed by atoms with E-state index in [0.29, 0.717) is 12.8 Å². The Hall–Kier alpha value is -1.39. The summed E-state index contributed by atoms with van der Waals surface area (Å²) in [5.41, 5.74) is 3.72. The van der Waals surface area contributed by atoms with Gasteiger partial charge in [-0.2, -0.15) is 8.42 Å². The van der Waals surface area contributed by atoms with Crippen LogP contribution in [-0.2, 0) is 20.9 Å². The molecule has 0 aliphatic rings. The monoisotopic (exact) mass is 267 g/mol. The van der Waals surface area contributed by atoms with E-state index >= 15 is 0 Å². The SMILES string of the molecule is C=C=CCC(CCc1ccccc1)OS(N)(=O)=O. The van der Waals surface area contributed by atoms with Crippen LogP contribution in [0.25, 0.3) is 0 Å². The van der Waals surface area contributed by atoms with E-state index in [2.05, 4.69) is 12.3 Å². The number of rotatable bonds is 7. The van der Waals surface area contributed by atoms with Gasteiger partial charge in [-0.05, 0) is 24.5 Å². The highest BCUT2D eigenvalue weighted by Gasteiger charge is 2.14. The molecule has 0 spiro atoms. The van der Waals surface area contributed by atoms with Crippen LogP contribution in [0.1, 0.15) is 18.4 Å². The zero-order chi connectivity index (χ0) is 13.4. The first-order valence-corrected chi connectivity index (χ1v) is 7.07. The van der Waals surface area contributed by atoms with Crippen molar-refractivity contribution in [2.45, 2.75) is 25.4 Å². The first-order valence-electron chi connectivity index (χ1n) is 5.60. The molecule has 1 aromatic rings. The Morgan fingerprint density at radius 3 is 2.61 bits per heavy atom. The molecule has 1 rings (SSSR count). The molecular formula is C13H17NO3S. The Labute approximate surface area is 108 Å². The Kier molecular flexibility index (Phi) is 5.82. The molecule has 0 radical (unpaired) electrons. The maximum absolute atomic E-state index is 10.9. The van der Waals surface area contributed by atoms with E-state index < -0.39 is 16.4 Å². The molecule has 0 fully saturated rings. The third-order valence-electron chi connectivity index (χ3n) is 2.39. The van der Waals surface area contributed by atoms with E-state index in [1.54, 1.807) is 6.08 Å². The summed E-state index contributed by atoms with van der Waals surface area (Å²) in [7, 11) is -3.93. The Balaban J connectivity index is 2.58. The third kappa shape index (κ3) is 6.37. The number of hydrogen-bond acceptors (Lipinski definition) is 3. The average Bonchev–Trinajstić information content (AvgIpc) is 2.32. The zero-order valence-electron chi connectivity index (χ0n) is 10.1. The second-order valence-corrected chi connectivity index (χ2v) is 5.06. The minimum atomic E-state index is -3.93. The van der Waals surface area contributed by atoms with Crippen LogP contribution < -0.4 is 5.14 Å². The molecule has 0 amide bonds. The molecule has 1 aromatic carbocycles. The number of nitrogens with two attached hydrogens (primary N) is 1. The minimum absolute atomic E-state index is 0.423. The lowest BCUT2D eigenvalue weighted by Gasteiger charge is -2.13. The van der Waals surface area contributed by atoms with Gasteiger partial charge in [0.15, 0.2) is 0 Å². The van der Waals surface area contributed by atoms with Gasteiger partial charge in [0.25, 0.3) is 0 Å². The Bertz CT molecular complexity index is 504. The molecule has 0 aliphatic carbocycles. The van der Waals surface area contributed by atoms with Gasteiger partial charge >= 0.3 is 10.3 Å². The van der Waals surface area contributed by atoms with Gasteiger partial charge in [-0.15, -0.1) is 5.73 Å². The van der Waals surface area contributed by atoms with Crippen LogP contribution in [0.3, 0.4) is 0 Å². The first-order chi connectivity index (χ1) is 8.51. The summed E-state index contributed by atoms with van der Waals surface area (Å²) in [5, 5.41) is 4.88. The maximum Gasteiger partial charge on any atom is 0.333 e. The summed E-state index contributed by atoms with van der Waals surface area (Å²) in [6.45, 7) is 3.43. The highest BCUT2D eigenvalue weighted by molar-refractivity contribution is 7.84. The van der Waals surface area contributed by atoms with E-state index in [-0.39, 0.29) is 0 Å². The molecule has 0 heterocycles. The van der Waals surface area contributed by atoms with Crippen molar-refractivity contribution in [1.29, 1.82) is 0 Å². The molecule has 2 N–H and O–H groups in total. The average molecular weight is 267 g/mol. The van der Waals surface area contributed by atoms with Crippen molar-refractivity contribution >= 4 is 10.3 Å². The molecule has 1 unspecified atom stereocenters. The lowest BCUT2D eigenvalue weighted by Crippen LogP contribution is -2.24. The van der Waals surface area contributed by atoms with E-state index in [4.69, 9.17) is 9.32 Å². The van der Waals surface area contributed by atoms with Crippen molar-refractivity contribution in [2.75, 3.05) is 0 Å². The van der Waals surface area contributed by atoms with Crippen LogP contribution in [0.5, 0.6) is 0 Å². The Morgan fingerprint density at radius 2 is 2.06 bits per heavy atom. The topological polar surface area (TPSA) is 69.4 Å². The van der Waals surface area contributed by atoms with Gasteiger partial charge in [-0.3, -0.25) is 4.18 Å². The van der Waals surface area contributed by atoms with Crippen LogP contribution in [0.15, 0.2) is 48.7 Å². The fourth-order valence-electron chi connectivity index (χ4n) is 1.58. The van der Waals surface area contributed by atoms with Gasteiger partial charge in [0.05, 0.1) is 6.10 Å². The van der Waals surface area contributed by atoms with Crippen LogP contribution >= 0.6 is 0 Å². The fourth-order valence-corrected chi connectivity index (χ4v) is 2.14. The molecule has 98 valence electrons. The normalized spacial score (nSPS) is 12.7. The highest BCUT2D eigenvalue weighted by Crippen LogP contribution is 2.12. The first kappa shape index (κ1) is 14.7. The molecule has 0 bridgehead atoms. The van der Waals surface area contributed by atoms with E-state index in [9.17, 15) is 8.42 Å². The van der Waals surface area contributed by atoms with Crippen molar-refractivity contribution in [3.05, 3.63) is 54.3 Å². The quantitative estimate of drug-likeness (QED) is 0.767. The summed E-state index contributed by atoms with van der Waals surface area (Å²) < 4.78 is 26.7. The van der Waals surface area contributed by atoms with E-state index in [0.717, 1.165) is 12.0 Å². The number of benzene rings is 1. The van der Waals surface area contributed by atoms with Crippen molar-refractivity contribution in [1.82, 2.24) is 0 Å². The summed E-state index contributed by atoms with van der Waals surface area (Å²) >= 11 is 0. The number of aryl methyl sites for hydroxylation is 1. The molecule has 18 heavy (non-hydrogen) atoms. The van der Waals surface area contributed by atoms with Gasteiger partial charge in [-0.25, -0.2) is 5.14 Å². The molecule has 0 saturated carbocycles. The van der Waals surface area contributed by atoms with Crippen molar-refractivity contribution in [2.24, 2.45) is 5.14 Å². The van der Waals surface area contributed by atoms with Crippen molar-refractivity contribution < 1.29 is 12.6 Å². The lowest BCUT2D eigenvalue weighted by molar-refractivity contribution is 0.202. The van der Waals surface area contributed by atoms with Gasteiger partial charge in [0.2, 0.25) is 0 Å². The molecular weight excluding hydrogens is 250 g/mol. The lowest BCUT2D eigenvalue weighted by atomic mass is 10.1. The smallest absolute Gasteiger partial charge is 0.255 e. The zero-order valence-corrected chi connectivity index (χ0v) is 10.9. The van der Waals surface area contributed by atoms with Crippen LogP contribution in [0, 0.1) is 0 Å². The third-order valence-corrected chi connectivity index (χ3v) is 2.93. The van der Waals surface area contributed by atoms with E-state index in [1.807, 2.05) is 30.3 Å². The second kappa shape index (κ2) is 7.13. The second-order valence-electron chi connectivity index (χ2n) is 3.88. The molecule has 1 atom stereocenters. The molecule has 0 aromatic heterocycles. The summed E-state index contributed by atoms with van der Waals surface area (Å²) in [6, 6.07) is 9.78. The molecule has 5 heteroatoms. The maximum atomic E-state index is 10.9. The van der Waals surface area contributed by atoms with Crippen LogP contribution in [0.4, 0.5) is 0 Å². The van der Waals surface area contributed by atoms with E-state index in [1.165, 1.54) is 0 Å². The largest absolute Gasteiger partial charge is 0.333 e. The van der Waals surface area contributed by atoms with Gasteiger partial charge in [-0.1, -0.05) is 36.9 Å². The summed E-state index contributed by atoms with van der Waals surface area (Å²) in [5.74, 6) is 0. The van der Waals surface area contributed by atoms with Crippen LogP contribution in [0.2, 0.25) is 0 Å². The Morgan fingerprint density at radius 1 is 1.39 bits per heavy atom. The fraction of sp³-hybridized carbons (Fsp3) is 0.308. The summed E-state index contributed by atoms with van der Waals surface area (Å²) in [6.07, 6.45) is 2.88. The van der Waals surface area contributed by atoms with Gasteiger partial charge in [0.1, 0.15) is 0 Å². The van der Waals surface area contributed by atoms with Gasteiger partial charge in [0, 0.05) is 6.42 Å². The molecule has 0 aliphatic heterocycles. The predicted octanol–water partition coefficient (Wildman–Crippen LogP) is 1.94. The highest BCUT2D eigenvalue weighted by atomic mass is 32.2. The number of hydrogen-bond donors (Lipinski definition) is 1. The minimum Gasteiger partial charge on any atom is -0.255 e. The summed E-state index contributed by atoms with van der Waals surface area (Å²) in [4.78, 5) is 0. The molecule has 0 saturated heterocycles. The molecule has 4 nitrogen and oxygen atoms in total. The van der Waals surface area contributed by atoms with Crippen molar-refractivity contribution in [3.8, 4) is 0 Å². The standard InChI is InChI=1S/C13H17NO3S/c1-2-3-9-13(17-18(14,15)16)11-10-12-7-5-4-6-8-12/h3-8,13H,1,9-11H2,(H2,14,15,16). The predicted molar refractivity (Wildman–Crippen MR) is 71.1 cm³/mol. The van der Waals surface area contributed by atoms with Gasteiger partial charge < -0.3 is 0 Å².